The molecule has 24 heavy (non-hydrogen) atoms. The minimum absolute atomic E-state index is 0.0882. The highest BCUT2D eigenvalue weighted by Gasteiger charge is 2.13. The molecule has 0 aromatic heterocycles. The number of nitrogens with zero attached hydrogens (tertiary/aromatic N) is 1. The van der Waals surface area contributed by atoms with E-state index >= 15 is 0 Å². The molecule has 2 N–H and O–H groups in total. The van der Waals surface area contributed by atoms with Crippen molar-refractivity contribution in [1.29, 1.82) is 0 Å². The second-order valence-corrected chi connectivity index (χ2v) is 6.90. The van der Waals surface area contributed by atoms with Crippen molar-refractivity contribution in [2.24, 2.45) is 0 Å². The Labute approximate surface area is 145 Å². The molecular formula is C21H28N2O. The van der Waals surface area contributed by atoms with Gasteiger partial charge in [-0.05, 0) is 68.1 Å². The summed E-state index contributed by atoms with van der Waals surface area (Å²) < 4.78 is 0. The Morgan fingerprint density at radius 1 is 1.08 bits per heavy atom. The molecule has 0 amide bonds. The van der Waals surface area contributed by atoms with Crippen molar-refractivity contribution in [1.82, 2.24) is 4.90 Å². The van der Waals surface area contributed by atoms with Crippen molar-refractivity contribution in [3.05, 3.63) is 64.7 Å². The van der Waals surface area contributed by atoms with Crippen molar-refractivity contribution in [3.63, 3.8) is 0 Å². The normalized spacial score (nSPS) is 16.3. The van der Waals surface area contributed by atoms with Gasteiger partial charge in [-0.15, -0.1) is 0 Å². The fourth-order valence-corrected chi connectivity index (χ4v) is 3.40. The average Bonchev–Trinajstić information content (AvgIpc) is 3.11. The number of anilines is 1. The van der Waals surface area contributed by atoms with Gasteiger partial charge in [0.2, 0.25) is 0 Å². The van der Waals surface area contributed by atoms with Gasteiger partial charge in [-0.25, -0.2) is 0 Å². The van der Waals surface area contributed by atoms with Crippen LogP contribution in [0.25, 0.3) is 0 Å². The van der Waals surface area contributed by atoms with Crippen LogP contribution in [0.4, 0.5) is 5.69 Å². The summed E-state index contributed by atoms with van der Waals surface area (Å²) in [7, 11) is 0. The molecule has 0 saturated carbocycles. The lowest BCUT2D eigenvalue weighted by molar-refractivity contribution is 0.281. The maximum absolute atomic E-state index is 9.32. The van der Waals surface area contributed by atoms with Gasteiger partial charge < -0.3 is 10.4 Å². The Kier molecular flexibility index (Phi) is 5.54. The van der Waals surface area contributed by atoms with Crippen LogP contribution in [0.1, 0.15) is 48.1 Å². The van der Waals surface area contributed by atoms with Gasteiger partial charge in [-0.1, -0.05) is 36.4 Å². The van der Waals surface area contributed by atoms with E-state index < -0.39 is 0 Å². The fraction of sp³-hybridized carbons (Fsp3) is 0.429. The molecular weight excluding hydrogens is 296 g/mol. The Morgan fingerprint density at radius 3 is 2.62 bits per heavy atom. The van der Waals surface area contributed by atoms with Crippen molar-refractivity contribution in [2.75, 3.05) is 18.4 Å². The highest BCUT2D eigenvalue weighted by molar-refractivity contribution is 5.54. The maximum Gasteiger partial charge on any atom is 0.0681 e. The van der Waals surface area contributed by atoms with Gasteiger partial charge in [-0.2, -0.15) is 0 Å². The summed E-state index contributed by atoms with van der Waals surface area (Å²) >= 11 is 0. The van der Waals surface area contributed by atoms with E-state index in [0.717, 1.165) is 12.1 Å². The van der Waals surface area contributed by atoms with Crippen LogP contribution in [0.2, 0.25) is 0 Å². The zero-order chi connectivity index (χ0) is 16.9. The summed E-state index contributed by atoms with van der Waals surface area (Å²) in [5.41, 5.74) is 6.01. The SMILES string of the molecule is Cc1ccc(CN2CCCC2)cc1NC(C)c1cccc(CO)c1. The Hall–Kier alpha value is -1.84. The predicted octanol–water partition coefficient (Wildman–Crippen LogP) is 4.26. The first kappa shape index (κ1) is 17.0. The minimum atomic E-state index is 0.0882. The number of aliphatic hydroxyl groups is 1. The molecule has 1 saturated heterocycles. The van der Waals surface area contributed by atoms with Crippen LogP contribution in [0.5, 0.6) is 0 Å². The summed E-state index contributed by atoms with van der Waals surface area (Å²) in [6.45, 7) is 7.90. The number of aryl methyl sites for hydroxylation is 1. The minimum Gasteiger partial charge on any atom is -0.392 e. The van der Waals surface area contributed by atoms with Crippen LogP contribution >= 0.6 is 0 Å². The van der Waals surface area contributed by atoms with Gasteiger partial charge >= 0.3 is 0 Å². The average molecular weight is 324 g/mol. The summed E-state index contributed by atoms with van der Waals surface area (Å²) in [6, 6.07) is 15.1. The molecule has 1 aliphatic rings. The van der Waals surface area contributed by atoms with Gasteiger partial charge in [0.25, 0.3) is 0 Å². The van der Waals surface area contributed by atoms with E-state index in [4.69, 9.17) is 0 Å². The van der Waals surface area contributed by atoms with E-state index in [-0.39, 0.29) is 12.6 Å². The molecule has 1 fully saturated rings. The van der Waals surface area contributed by atoms with Gasteiger partial charge in [-0.3, -0.25) is 4.90 Å². The Bertz CT molecular complexity index is 677. The molecule has 2 aromatic carbocycles. The first-order chi connectivity index (χ1) is 11.7. The van der Waals surface area contributed by atoms with Crippen LogP contribution in [0.15, 0.2) is 42.5 Å². The quantitative estimate of drug-likeness (QED) is 0.833. The van der Waals surface area contributed by atoms with E-state index in [9.17, 15) is 5.11 Å². The van der Waals surface area contributed by atoms with Gasteiger partial charge in [0.1, 0.15) is 0 Å². The van der Waals surface area contributed by atoms with E-state index in [1.54, 1.807) is 0 Å². The molecule has 0 bridgehead atoms. The molecule has 1 aliphatic heterocycles. The third-order valence-corrected chi connectivity index (χ3v) is 4.91. The van der Waals surface area contributed by atoms with E-state index in [2.05, 4.69) is 54.4 Å². The smallest absolute Gasteiger partial charge is 0.0681 e. The number of benzene rings is 2. The van der Waals surface area contributed by atoms with Crippen LogP contribution in [0, 0.1) is 6.92 Å². The third kappa shape index (κ3) is 4.16. The topological polar surface area (TPSA) is 35.5 Å². The van der Waals surface area contributed by atoms with Gasteiger partial charge in [0, 0.05) is 18.3 Å². The maximum atomic E-state index is 9.32. The lowest BCUT2D eigenvalue weighted by Crippen LogP contribution is -2.18. The van der Waals surface area contributed by atoms with Crippen LogP contribution in [0.3, 0.4) is 0 Å². The summed E-state index contributed by atoms with van der Waals surface area (Å²) in [5.74, 6) is 0. The number of aliphatic hydroxyl groups excluding tert-OH is 1. The molecule has 3 nitrogen and oxygen atoms in total. The van der Waals surface area contributed by atoms with Crippen LogP contribution < -0.4 is 5.32 Å². The first-order valence-electron chi connectivity index (χ1n) is 8.94. The van der Waals surface area contributed by atoms with E-state index in [1.807, 2.05) is 12.1 Å². The first-order valence-corrected chi connectivity index (χ1v) is 8.94. The van der Waals surface area contributed by atoms with Gasteiger partial charge in [0.15, 0.2) is 0 Å². The Balaban J connectivity index is 1.73. The number of rotatable bonds is 6. The van der Waals surface area contributed by atoms with E-state index in [1.165, 1.54) is 48.3 Å². The fourth-order valence-electron chi connectivity index (χ4n) is 3.40. The number of hydrogen-bond donors (Lipinski definition) is 2. The highest BCUT2D eigenvalue weighted by atomic mass is 16.3. The highest BCUT2D eigenvalue weighted by Crippen LogP contribution is 2.25. The van der Waals surface area contributed by atoms with Crippen molar-refractivity contribution < 1.29 is 5.11 Å². The zero-order valence-electron chi connectivity index (χ0n) is 14.8. The van der Waals surface area contributed by atoms with E-state index in [0.29, 0.717) is 0 Å². The van der Waals surface area contributed by atoms with Gasteiger partial charge in [0.05, 0.1) is 6.61 Å². The molecule has 2 aromatic rings. The lowest BCUT2D eigenvalue weighted by atomic mass is 10.0. The second-order valence-electron chi connectivity index (χ2n) is 6.90. The second kappa shape index (κ2) is 7.82. The molecule has 0 radical (unpaired) electrons. The molecule has 3 heteroatoms. The van der Waals surface area contributed by atoms with Crippen LogP contribution in [-0.2, 0) is 13.2 Å². The van der Waals surface area contributed by atoms with Crippen molar-refractivity contribution >= 4 is 5.69 Å². The Morgan fingerprint density at radius 2 is 1.88 bits per heavy atom. The molecule has 1 heterocycles. The molecule has 0 spiro atoms. The zero-order valence-corrected chi connectivity index (χ0v) is 14.8. The number of hydrogen-bond acceptors (Lipinski definition) is 3. The van der Waals surface area contributed by atoms with Crippen LogP contribution in [-0.4, -0.2) is 23.1 Å². The number of nitrogens with one attached hydrogen (secondary N) is 1. The molecule has 1 atom stereocenters. The monoisotopic (exact) mass is 324 g/mol. The van der Waals surface area contributed by atoms with Crippen molar-refractivity contribution in [3.8, 4) is 0 Å². The summed E-state index contributed by atoms with van der Waals surface area (Å²) in [6.07, 6.45) is 2.66. The van der Waals surface area contributed by atoms with Crippen molar-refractivity contribution in [2.45, 2.75) is 45.9 Å². The lowest BCUT2D eigenvalue weighted by Gasteiger charge is -2.20. The predicted molar refractivity (Wildman–Crippen MR) is 100 cm³/mol. The molecule has 128 valence electrons. The molecule has 3 rings (SSSR count). The largest absolute Gasteiger partial charge is 0.392 e. The summed E-state index contributed by atoms with van der Waals surface area (Å²) in [4.78, 5) is 2.53. The standard InChI is InChI=1S/C21H28N2O/c1-16-8-9-18(14-23-10-3-4-11-23)13-21(16)22-17(2)20-7-5-6-19(12-20)15-24/h5-9,12-13,17,22,24H,3-4,10-11,14-15H2,1-2H3. The summed E-state index contributed by atoms with van der Waals surface area (Å²) in [5, 5.41) is 13.0. The molecule has 1 unspecified atom stereocenters. The number of likely N-dealkylation sites (tertiary alicyclic amines) is 1. The molecule has 0 aliphatic carbocycles. The third-order valence-electron chi connectivity index (χ3n) is 4.91.